The van der Waals surface area contributed by atoms with Gasteiger partial charge >= 0.3 is 5.97 Å². The van der Waals surface area contributed by atoms with Crippen molar-refractivity contribution in [1.82, 2.24) is 4.90 Å². The zero-order valence-corrected chi connectivity index (χ0v) is 14.5. The molecular formula is C17H23ClN2O4. The Labute approximate surface area is 146 Å². The minimum absolute atomic E-state index is 0.102. The van der Waals surface area contributed by atoms with Crippen LogP contribution in [0.25, 0.3) is 0 Å². The quantitative estimate of drug-likeness (QED) is 0.787. The number of methoxy groups -OCH3 is 1. The number of carboxylic acids is 1. The first-order valence-electron chi connectivity index (χ1n) is 8.05. The lowest BCUT2D eigenvalue weighted by molar-refractivity contribution is -0.137. The van der Waals surface area contributed by atoms with Gasteiger partial charge < -0.3 is 15.2 Å². The van der Waals surface area contributed by atoms with E-state index in [-0.39, 0.29) is 12.3 Å². The lowest BCUT2D eigenvalue weighted by Crippen LogP contribution is -2.40. The molecule has 1 aromatic rings. The molecule has 0 saturated carbocycles. The molecule has 132 valence electrons. The summed E-state index contributed by atoms with van der Waals surface area (Å²) in [5, 5.41) is 12.1. The summed E-state index contributed by atoms with van der Waals surface area (Å²) in [6.45, 7) is 1.93. The third-order valence-corrected chi connectivity index (χ3v) is 4.47. The van der Waals surface area contributed by atoms with Crippen molar-refractivity contribution < 1.29 is 19.4 Å². The van der Waals surface area contributed by atoms with Gasteiger partial charge in [0, 0.05) is 18.7 Å². The van der Waals surface area contributed by atoms with Crippen molar-refractivity contribution in [3.05, 3.63) is 23.2 Å². The molecule has 0 spiro atoms. The maximum absolute atomic E-state index is 12.2. The van der Waals surface area contributed by atoms with Crippen molar-refractivity contribution >= 4 is 29.2 Å². The Kier molecular flexibility index (Phi) is 6.87. The number of carboxylic acid groups (broad SMARTS) is 1. The van der Waals surface area contributed by atoms with Crippen LogP contribution in [0.5, 0.6) is 5.75 Å². The number of carbonyl (C=O) groups is 2. The lowest BCUT2D eigenvalue weighted by atomic mass is 9.93. The highest BCUT2D eigenvalue weighted by atomic mass is 35.5. The van der Waals surface area contributed by atoms with Crippen LogP contribution in [0.2, 0.25) is 5.02 Å². The number of piperidine rings is 1. The van der Waals surface area contributed by atoms with Crippen LogP contribution in [0.15, 0.2) is 18.2 Å². The number of aliphatic carboxylic acids is 1. The number of nitrogens with one attached hydrogen (secondary N) is 1. The Balaban J connectivity index is 1.83. The average Bonchev–Trinajstić information content (AvgIpc) is 2.53. The normalized spacial score (nSPS) is 18.2. The minimum atomic E-state index is -0.763. The summed E-state index contributed by atoms with van der Waals surface area (Å²) in [6, 6.07) is 5.11. The third kappa shape index (κ3) is 5.69. The molecule has 1 aliphatic heterocycles. The molecule has 0 radical (unpaired) electrons. The summed E-state index contributed by atoms with van der Waals surface area (Å²) >= 11 is 6.05. The van der Waals surface area contributed by atoms with Gasteiger partial charge in [-0.15, -0.1) is 0 Å². The number of nitrogens with zero attached hydrogens (tertiary/aromatic N) is 1. The van der Waals surface area contributed by atoms with Gasteiger partial charge in [0.1, 0.15) is 5.75 Å². The van der Waals surface area contributed by atoms with E-state index in [2.05, 4.69) is 10.2 Å². The number of halogens is 1. The van der Waals surface area contributed by atoms with E-state index in [0.29, 0.717) is 35.3 Å². The SMILES string of the molecule is COc1ccc(NC(=O)CN2CCCC(CCC(=O)O)C2)cc1Cl. The summed E-state index contributed by atoms with van der Waals surface area (Å²) in [4.78, 5) is 25.0. The Morgan fingerprint density at radius 2 is 2.25 bits per heavy atom. The number of rotatable bonds is 7. The monoisotopic (exact) mass is 354 g/mol. The Morgan fingerprint density at radius 3 is 2.92 bits per heavy atom. The standard InChI is InChI=1S/C17H23ClN2O4/c1-24-15-6-5-13(9-14(15)18)19-16(21)11-20-8-2-3-12(10-20)4-7-17(22)23/h5-6,9,12H,2-4,7-8,10-11H2,1H3,(H,19,21)(H,22,23). The van der Waals surface area contributed by atoms with E-state index in [4.69, 9.17) is 21.4 Å². The first-order valence-corrected chi connectivity index (χ1v) is 8.43. The van der Waals surface area contributed by atoms with Crippen molar-refractivity contribution in [2.45, 2.75) is 25.7 Å². The van der Waals surface area contributed by atoms with Crippen LogP contribution in [0.1, 0.15) is 25.7 Å². The molecule has 0 bridgehead atoms. The predicted molar refractivity (Wildman–Crippen MR) is 92.7 cm³/mol. The van der Waals surface area contributed by atoms with Crippen molar-refractivity contribution in [2.24, 2.45) is 5.92 Å². The second kappa shape index (κ2) is 8.89. The van der Waals surface area contributed by atoms with Crippen LogP contribution in [0, 0.1) is 5.92 Å². The van der Waals surface area contributed by atoms with E-state index in [1.54, 1.807) is 18.2 Å². The van der Waals surface area contributed by atoms with Gasteiger partial charge in [0.2, 0.25) is 5.91 Å². The van der Waals surface area contributed by atoms with E-state index in [1.165, 1.54) is 7.11 Å². The molecule has 1 heterocycles. The molecule has 24 heavy (non-hydrogen) atoms. The maximum Gasteiger partial charge on any atom is 0.303 e. The van der Waals surface area contributed by atoms with Gasteiger partial charge in [-0.3, -0.25) is 14.5 Å². The minimum Gasteiger partial charge on any atom is -0.495 e. The molecule has 2 rings (SSSR count). The fraction of sp³-hybridized carbons (Fsp3) is 0.529. The van der Waals surface area contributed by atoms with Crippen molar-refractivity contribution in [2.75, 3.05) is 32.1 Å². The summed E-state index contributed by atoms with van der Waals surface area (Å²) in [5.74, 6) is 0.0430. The lowest BCUT2D eigenvalue weighted by Gasteiger charge is -2.32. The largest absolute Gasteiger partial charge is 0.495 e. The zero-order chi connectivity index (χ0) is 17.5. The number of likely N-dealkylation sites (tertiary alicyclic amines) is 1. The second-order valence-electron chi connectivity index (χ2n) is 6.07. The molecule has 2 N–H and O–H groups in total. The molecule has 1 saturated heterocycles. The summed E-state index contributed by atoms with van der Waals surface area (Å²) < 4.78 is 5.08. The van der Waals surface area contributed by atoms with Gasteiger partial charge in [0.25, 0.3) is 0 Å². The van der Waals surface area contributed by atoms with Crippen LogP contribution in [0.3, 0.4) is 0 Å². The van der Waals surface area contributed by atoms with E-state index >= 15 is 0 Å². The van der Waals surface area contributed by atoms with Gasteiger partial charge in [0.05, 0.1) is 18.7 Å². The van der Waals surface area contributed by atoms with Crippen molar-refractivity contribution in [3.8, 4) is 5.75 Å². The Hall–Kier alpha value is -1.79. The maximum atomic E-state index is 12.2. The topological polar surface area (TPSA) is 78.9 Å². The highest BCUT2D eigenvalue weighted by Crippen LogP contribution is 2.27. The van der Waals surface area contributed by atoms with Crippen LogP contribution in [0.4, 0.5) is 5.69 Å². The molecule has 7 heteroatoms. The highest BCUT2D eigenvalue weighted by molar-refractivity contribution is 6.32. The molecule has 1 atom stereocenters. The van der Waals surface area contributed by atoms with Crippen LogP contribution < -0.4 is 10.1 Å². The van der Waals surface area contributed by atoms with E-state index < -0.39 is 5.97 Å². The molecule has 1 amide bonds. The fourth-order valence-corrected chi connectivity index (χ4v) is 3.26. The number of anilines is 1. The van der Waals surface area contributed by atoms with Gasteiger partial charge in [-0.1, -0.05) is 11.6 Å². The first-order chi connectivity index (χ1) is 11.5. The van der Waals surface area contributed by atoms with Crippen LogP contribution >= 0.6 is 11.6 Å². The van der Waals surface area contributed by atoms with Gasteiger partial charge in [-0.2, -0.15) is 0 Å². The van der Waals surface area contributed by atoms with E-state index in [9.17, 15) is 9.59 Å². The van der Waals surface area contributed by atoms with Gasteiger partial charge in [-0.25, -0.2) is 0 Å². The van der Waals surface area contributed by atoms with Crippen LogP contribution in [-0.2, 0) is 9.59 Å². The Morgan fingerprint density at radius 1 is 1.46 bits per heavy atom. The molecule has 0 aromatic heterocycles. The second-order valence-corrected chi connectivity index (χ2v) is 6.48. The number of benzene rings is 1. The number of hydrogen-bond donors (Lipinski definition) is 2. The molecule has 1 unspecified atom stereocenters. The molecule has 0 aliphatic carbocycles. The van der Waals surface area contributed by atoms with Gasteiger partial charge in [-0.05, 0) is 49.9 Å². The number of amides is 1. The molecule has 1 fully saturated rings. The Bertz CT molecular complexity index is 594. The average molecular weight is 355 g/mol. The molecular weight excluding hydrogens is 332 g/mol. The third-order valence-electron chi connectivity index (χ3n) is 4.17. The van der Waals surface area contributed by atoms with Gasteiger partial charge in [0.15, 0.2) is 0 Å². The first kappa shape index (κ1) is 18.5. The predicted octanol–water partition coefficient (Wildman–Crippen LogP) is 2.86. The number of carbonyl (C=O) groups excluding carboxylic acids is 1. The fourth-order valence-electron chi connectivity index (χ4n) is 3.01. The summed E-state index contributed by atoms with van der Waals surface area (Å²) in [7, 11) is 1.54. The smallest absolute Gasteiger partial charge is 0.303 e. The van der Waals surface area contributed by atoms with Crippen molar-refractivity contribution in [3.63, 3.8) is 0 Å². The van der Waals surface area contributed by atoms with Crippen LogP contribution in [-0.4, -0.2) is 48.6 Å². The van der Waals surface area contributed by atoms with E-state index in [0.717, 1.165) is 25.9 Å². The van der Waals surface area contributed by atoms with E-state index in [1.807, 2.05) is 0 Å². The van der Waals surface area contributed by atoms with Crippen molar-refractivity contribution in [1.29, 1.82) is 0 Å². The zero-order valence-electron chi connectivity index (χ0n) is 13.8. The highest BCUT2D eigenvalue weighted by Gasteiger charge is 2.22. The molecule has 6 nitrogen and oxygen atoms in total. The summed E-state index contributed by atoms with van der Waals surface area (Å²) in [5.41, 5.74) is 0.630. The molecule has 1 aromatic carbocycles. The summed E-state index contributed by atoms with van der Waals surface area (Å²) in [6.07, 6.45) is 2.88. The number of ether oxygens (including phenoxy) is 1. The number of hydrogen-bond acceptors (Lipinski definition) is 4. The molecule has 1 aliphatic rings.